The molecule has 0 saturated heterocycles. The van der Waals surface area contributed by atoms with Gasteiger partial charge < -0.3 is 10.1 Å². The summed E-state index contributed by atoms with van der Waals surface area (Å²) in [5, 5.41) is 7.15. The molecule has 0 bridgehead atoms. The molecule has 6 heteroatoms. The number of benzene rings is 1. The van der Waals surface area contributed by atoms with Crippen molar-refractivity contribution < 1.29 is 9.13 Å². The average molecular weight is 292 g/mol. The fraction of sp³-hybridized carbons (Fsp3) is 0.467. The van der Waals surface area contributed by atoms with Gasteiger partial charge in [0.25, 0.3) is 0 Å². The fourth-order valence-electron chi connectivity index (χ4n) is 2.06. The highest BCUT2D eigenvalue weighted by Gasteiger charge is 2.12. The standard InChI is InChI=1S/C15H21FN4O/c1-10(2)20-15(18-9-19-20)8-21-12-5-6-13(11(3)17-4)14(16)7-12/h5-7,9-11,17H,8H2,1-4H3. The van der Waals surface area contributed by atoms with Crippen LogP contribution < -0.4 is 10.1 Å². The first-order valence-corrected chi connectivity index (χ1v) is 7.00. The van der Waals surface area contributed by atoms with E-state index in [4.69, 9.17) is 4.74 Å². The summed E-state index contributed by atoms with van der Waals surface area (Å²) in [6.07, 6.45) is 1.50. The maximum absolute atomic E-state index is 14.0. The maximum Gasteiger partial charge on any atom is 0.165 e. The van der Waals surface area contributed by atoms with Crippen LogP contribution in [0.3, 0.4) is 0 Å². The first-order chi connectivity index (χ1) is 10.0. The zero-order valence-electron chi connectivity index (χ0n) is 12.8. The van der Waals surface area contributed by atoms with Gasteiger partial charge in [-0.25, -0.2) is 14.1 Å². The Balaban J connectivity index is 2.07. The van der Waals surface area contributed by atoms with Crippen LogP contribution in [-0.2, 0) is 6.61 Å². The molecule has 2 rings (SSSR count). The topological polar surface area (TPSA) is 52.0 Å². The second kappa shape index (κ2) is 6.67. The number of nitrogens with one attached hydrogen (secondary N) is 1. The van der Waals surface area contributed by atoms with Gasteiger partial charge in [0.05, 0.1) is 0 Å². The van der Waals surface area contributed by atoms with E-state index in [9.17, 15) is 4.39 Å². The molecule has 114 valence electrons. The van der Waals surface area contributed by atoms with E-state index in [0.717, 1.165) is 5.82 Å². The molecule has 1 unspecified atom stereocenters. The third-order valence-electron chi connectivity index (χ3n) is 3.38. The lowest BCUT2D eigenvalue weighted by molar-refractivity contribution is 0.281. The third-order valence-corrected chi connectivity index (χ3v) is 3.38. The van der Waals surface area contributed by atoms with E-state index in [1.807, 2.05) is 20.8 Å². The van der Waals surface area contributed by atoms with Gasteiger partial charge in [0.2, 0.25) is 0 Å². The van der Waals surface area contributed by atoms with Crippen molar-refractivity contribution in [3.63, 3.8) is 0 Å². The molecule has 1 aromatic heterocycles. The SMILES string of the molecule is CNC(C)c1ccc(OCc2ncnn2C(C)C)cc1F. The van der Waals surface area contributed by atoms with Crippen LogP contribution >= 0.6 is 0 Å². The summed E-state index contributed by atoms with van der Waals surface area (Å²) >= 11 is 0. The maximum atomic E-state index is 14.0. The second-order valence-electron chi connectivity index (χ2n) is 5.20. The van der Waals surface area contributed by atoms with Crippen LogP contribution in [0, 0.1) is 5.82 Å². The smallest absolute Gasteiger partial charge is 0.165 e. The Morgan fingerprint density at radius 2 is 2.10 bits per heavy atom. The lowest BCUT2D eigenvalue weighted by Crippen LogP contribution is -2.14. The summed E-state index contributed by atoms with van der Waals surface area (Å²) in [7, 11) is 1.80. The minimum absolute atomic E-state index is 0.0388. The van der Waals surface area contributed by atoms with Crippen LogP contribution in [0.25, 0.3) is 0 Å². The summed E-state index contributed by atoms with van der Waals surface area (Å²) in [6, 6.07) is 5.07. The molecule has 0 radical (unpaired) electrons. The minimum atomic E-state index is -0.278. The fourth-order valence-corrected chi connectivity index (χ4v) is 2.06. The number of hydrogen-bond acceptors (Lipinski definition) is 4. The Morgan fingerprint density at radius 1 is 1.33 bits per heavy atom. The van der Waals surface area contributed by atoms with Crippen LogP contribution in [0.1, 0.15) is 44.2 Å². The molecule has 1 atom stereocenters. The van der Waals surface area contributed by atoms with Gasteiger partial charge >= 0.3 is 0 Å². The van der Waals surface area contributed by atoms with Gasteiger partial charge in [-0.15, -0.1) is 0 Å². The summed E-state index contributed by atoms with van der Waals surface area (Å²) in [6.45, 7) is 6.21. The minimum Gasteiger partial charge on any atom is -0.486 e. The molecule has 1 heterocycles. The number of halogens is 1. The van der Waals surface area contributed by atoms with E-state index in [1.165, 1.54) is 12.4 Å². The predicted octanol–water partition coefficient (Wildman–Crippen LogP) is 2.86. The first-order valence-electron chi connectivity index (χ1n) is 7.00. The molecule has 1 N–H and O–H groups in total. The van der Waals surface area contributed by atoms with Crippen molar-refractivity contribution in [2.24, 2.45) is 0 Å². The summed E-state index contributed by atoms with van der Waals surface area (Å²) in [4.78, 5) is 4.16. The summed E-state index contributed by atoms with van der Waals surface area (Å²) in [5.41, 5.74) is 0.621. The monoisotopic (exact) mass is 292 g/mol. The van der Waals surface area contributed by atoms with E-state index in [-0.39, 0.29) is 24.5 Å². The van der Waals surface area contributed by atoms with E-state index < -0.39 is 0 Å². The summed E-state index contributed by atoms with van der Waals surface area (Å²) in [5.74, 6) is 0.926. The highest BCUT2D eigenvalue weighted by Crippen LogP contribution is 2.22. The quantitative estimate of drug-likeness (QED) is 0.889. The van der Waals surface area contributed by atoms with Crippen molar-refractivity contribution in [1.29, 1.82) is 0 Å². The van der Waals surface area contributed by atoms with Crippen LogP contribution in [0.5, 0.6) is 5.75 Å². The lowest BCUT2D eigenvalue weighted by atomic mass is 10.1. The summed E-state index contributed by atoms with van der Waals surface area (Å²) < 4.78 is 21.4. The Labute approximate surface area is 124 Å². The molecule has 5 nitrogen and oxygen atoms in total. The van der Waals surface area contributed by atoms with Crippen LogP contribution in [0.15, 0.2) is 24.5 Å². The molecule has 0 amide bonds. The Morgan fingerprint density at radius 3 is 2.71 bits per heavy atom. The van der Waals surface area contributed by atoms with Gasteiger partial charge in [0.1, 0.15) is 24.5 Å². The van der Waals surface area contributed by atoms with E-state index in [1.54, 1.807) is 23.9 Å². The Hall–Kier alpha value is -1.95. The zero-order valence-corrected chi connectivity index (χ0v) is 12.8. The Bertz CT molecular complexity index is 597. The van der Waals surface area contributed by atoms with Crippen molar-refractivity contribution in [2.75, 3.05) is 7.05 Å². The molecular weight excluding hydrogens is 271 g/mol. The van der Waals surface area contributed by atoms with Crippen molar-refractivity contribution in [3.05, 3.63) is 41.7 Å². The Kier molecular flexibility index (Phi) is 4.90. The van der Waals surface area contributed by atoms with Gasteiger partial charge in [-0.1, -0.05) is 6.07 Å². The number of rotatable bonds is 6. The van der Waals surface area contributed by atoms with E-state index >= 15 is 0 Å². The molecule has 21 heavy (non-hydrogen) atoms. The largest absolute Gasteiger partial charge is 0.486 e. The third kappa shape index (κ3) is 3.58. The molecule has 0 fully saturated rings. The van der Waals surface area contributed by atoms with Gasteiger partial charge in [-0.2, -0.15) is 5.10 Å². The van der Waals surface area contributed by atoms with Crippen molar-refractivity contribution >= 4 is 0 Å². The van der Waals surface area contributed by atoms with Crippen LogP contribution in [-0.4, -0.2) is 21.8 Å². The first kappa shape index (κ1) is 15.4. The van der Waals surface area contributed by atoms with Gasteiger partial charge in [0.15, 0.2) is 5.82 Å². The number of hydrogen-bond donors (Lipinski definition) is 1. The van der Waals surface area contributed by atoms with Crippen LogP contribution in [0.4, 0.5) is 4.39 Å². The van der Waals surface area contributed by atoms with Crippen LogP contribution in [0.2, 0.25) is 0 Å². The second-order valence-corrected chi connectivity index (χ2v) is 5.20. The molecule has 1 aromatic carbocycles. The van der Waals surface area contributed by atoms with Crippen molar-refractivity contribution in [2.45, 2.75) is 39.5 Å². The molecule has 0 aliphatic carbocycles. The lowest BCUT2D eigenvalue weighted by Gasteiger charge is -2.14. The van der Waals surface area contributed by atoms with Gasteiger partial charge in [0, 0.05) is 23.7 Å². The van der Waals surface area contributed by atoms with Crippen molar-refractivity contribution in [1.82, 2.24) is 20.1 Å². The van der Waals surface area contributed by atoms with E-state index in [2.05, 4.69) is 15.4 Å². The number of ether oxygens (including phenoxy) is 1. The molecule has 0 saturated carbocycles. The highest BCUT2D eigenvalue weighted by atomic mass is 19.1. The molecule has 0 aliphatic rings. The molecule has 0 spiro atoms. The van der Waals surface area contributed by atoms with Gasteiger partial charge in [-0.3, -0.25) is 0 Å². The highest BCUT2D eigenvalue weighted by molar-refractivity contribution is 5.30. The van der Waals surface area contributed by atoms with Gasteiger partial charge in [-0.05, 0) is 33.9 Å². The van der Waals surface area contributed by atoms with Crippen molar-refractivity contribution in [3.8, 4) is 5.75 Å². The average Bonchev–Trinajstić information content (AvgIpc) is 2.93. The normalized spacial score (nSPS) is 12.7. The predicted molar refractivity (Wildman–Crippen MR) is 78.6 cm³/mol. The molecule has 2 aromatic rings. The molecular formula is C15H21FN4O. The number of nitrogens with zero attached hydrogens (tertiary/aromatic N) is 3. The zero-order chi connectivity index (χ0) is 15.4. The molecule has 0 aliphatic heterocycles. The number of aromatic nitrogens is 3. The van der Waals surface area contributed by atoms with E-state index in [0.29, 0.717) is 11.3 Å².